The molecule has 0 radical (unpaired) electrons. The fraction of sp³-hybridized carbons (Fsp3) is 0.400. The maximum Gasteiger partial charge on any atom is 0.335 e. The normalized spacial score (nSPS) is 14.2. The van der Waals surface area contributed by atoms with Gasteiger partial charge in [-0.15, -0.1) is 0 Å². The van der Waals surface area contributed by atoms with Crippen LogP contribution in [0.2, 0.25) is 10.0 Å². The number of benzene rings is 2. The summed E-state index contributed by atoms with van der Waals surface area (Å²) in [6.45, 7) is 5.42. The number of aryl methyl sites for hydroxylation is 1. The molecule has 0 aliphatic carbocycles. The number of halogens is 2. The number of hydrogen-bond acceptors (Lipinski definition) is 5. The van der Waals surface area contributed by atoms with E-state index in [2.05, 4.69) is 45.4 Å². The molecule has 0 unspecified atom stereocenters. The predicted octanol–water partition coefficient (Wildman–Crippen LogP) is 4.12. The number of rotatable bonds is 6. The van der Waals surface area contributed by atoms with E-state index in [9.17, 15) is 0 Å². The molecule has 1 aliphatic rings. The minimum Gasteiger partial charge on any atom is -0.388 e. The Bertz CT molecular complexity index is 776. The second kappa shape index (κ2) is 12.1. The third-order valence-corrected chi connectivity index (χ3v) is 5.56. The number of hydrogen-bond donors (Lipinski definition) is 1. The molecule has 1 heterocycles. The summed E-state index contributed by atoms with van der Waals surface area (Å²) >= 11 is 11.4. The number of nitrogens with zero attached hydrogens (tertiary/aromatic N) is 2. The van der Waals surface area contributed by atoms with Crippen LogP contribution in [-0.2, 0) is 18.0 Å². The highest BCUT2D eigenvalue weighted by Gasteiger charge is 2.17. The van der Waals surface area contributed by atoms with Gasteiger partial charge in [0.1, 0.15) is 0 Å². The highest BCUT2D eigenvalue weighted by atomic mass is 35.5. The van der Waals surface area contributed by atoms with Gasteiger partial charge in [0.05, 0.1) is 10.0 Å². The summed E-state index contributed by atoms with van der Waals surface area (Å²) in [5, 5.41) is 4.41. The van der Waals surface area contributed by atoms with Crippen molar-refractivity contribution in [2.75, 3.05) is 50.0 Å². The zero-order chi connectivity index (χ0) is 20.4. The molecule has 2 aromatic rings. The van der Waals surface area contributed by atoms with E-state index < -0.39 is 11.6 Å². The maximum atomic E-state index is 8.29. The minimum atomic E-state index is -0.750. The van der Waals surface area contributed by atoms with E-state index in [-0.39, 0.29) is 0 Å². The van der Waals surface area contributed by atoms with Crippen LogP contribution in [0.15, 0.2) is 42.5 Å². The van der Waals surface area contributed by atoms with Crippen molar-refractivity contribution >= 4 is 46.1 Å². The number of piperazine rings is 1. The standard InChI is InChI=1S/C20H25Cl2N3.O2S/c1-23-17-6-4-16(5-7-17)3-2-10-24-11-13-25(14-12-24)18-8-9-19(21)20(22)15-18;1-3-2/h4-9,15,23H,2-3,10-14H2,1H3;. The molecular formula is C20H25Cl2N3O2S. The van der Waals surface area contributed by atoms with Crippen LogP contribution in [0.3, 0.4) is 0 Å². The van der Waals surface area contributed by atoms with Crippen molar-refractivity contribution in [3.05, 3.63) is 58.1 Å². The predicted molar refractivity (Wildman–Crippen MR) is 118 cm³/mol. The van der Waals surface area contributed by atoms with Crippen LogP contribution in [0.25, 0.3) is 0 Å². The van der Waals surface area contributed by atoms with Crippen molar-refractivity contribution in [2.45, 2.75) is 12.8 Å². The van der Waals surface area contributed by atoms with Crippen LogP contribution >= 0.6 is 23.2 Å². The second-order valence-electron chi connectivity index (χ2n) is 6.55. The lowest BCUT2D eigenvalue weighted by molar-refractivity contribution is 0.255. The van der Waals surface area contributed by atoms with E-state index in [1.165, 1.54) is 23.4 Å². The van der Waals surface area contributed by atoms with Gasteiger partial charge >= 0.3 is 11.6 Å². The van der Waals surface area contributed by atoms with Gasteiger partial charge < -0.3 is 10.2 Å². The van der Waals surface area contributed by atoms with Crippen LogP contribution in [0.4, 0.5) is 11.4 Å². The lowest BCUT2D eigenvalue weighted by atomic mass is 10.1. The van der Waals surface area contributed by atoms with E-state index >= 15 is 0 Å². The molecule has 3 rings (SSSR count). The molecule has 0 aromatic heterocycles. The second-order valence-corrected chi connectivity index (χ2v) is 7.50. The molecule has 1 aliphatic heterocycles. The van der Waals surface area contributed by atoms with Crippen molar-refractivity contribution in [3.63, 3.8) is 0 Å². The summed E-state index contributed by atoms with van der Waals surface area (Å²) in [5.41, 5.74) is 3.74. The van der Waals surface area contributed by atoms with Gasteiger partial charge in [-0.2, -0.15) is 8.42 Å². The van der Waals surface area contributed by atoms with Gasteiger partial charge in [-0.3, -0.25) is 4.90 Å². The van der Waals surface area contributed by atoms with Gasteiger partial charge in [0.2, 0.25) is 0 Å². The van der Waals surface area contributed by atoms with Crippen molar-refractivity contribution in [1.29, 1.82) is 0 Å². The molecule has 0 saturated carbocycles. The summed E-state index contributed by atoms with van der Waals surface area (Å²) in [4.78, 5) is 4.94. The lowest BCUT2D eigenvalue weighted by Crippen LogP contribution is -2.46. The first kappa shape index (κ1) is 22.7. The van der Waals surface area contributed by atoms with Gasteiger partial charge in [-0.25, -0.2) is 0 Å². The van der Waals surface area contributed by atoms with Crippen molar-refractivity contribution < 1.29 is 8.42 Å². The van der Waals surface area contributed by atoms with Gasteiger partial charge in [-0.05, 0) is 55.3 Å². The van der Waals surface area contributed by atoms with Crippen LogP contribution in [-0.4, -0.2) is 53.1 Å². The smallest absolute Gasteiger partial charge is 0.335 e. The largest absolute Gasteiger partial charge is 0.388 e. The molecular weight excluding hydrogens is 417 g/mol. The SMILES string of the molecule is CNc1ccc(CCCN2CCN(c3ccc(Cl)c(Cl)c3)CC2)cc1.O=S=O. The third-order valence-electron chi connectivity index (χ3n) is 4.82. The van der Waals surface area contributed by atoms with E-state index in [0.717, 1.165) is 39.1 Å². The molecule has 2 aromatic carbocycles. The Morgan fingerprint density at radius 3 is 2.18 bits per heavy atom. The lowest BCUT2D eigenvalue weighted by Gasteiger charge is -2.36. The summed E-state index contributed by atoms with van der Waals surface area (Å²) in [6, 6.07) is 14.6. The minimum absolute atomic E-state index is 0.617. The van der Waals surface area contributed by atoms with E-state index in [1.807, 2.05) is 19.2 Å². The van der Waals surface area contributed by atoms with Gasteiger partial charge in [0.25, 0.3) is 0 Å². The van der Waals surface area contributed by atoms with Crippen LogP contribution in [0.5, 0.6) is 0 Å². The summed E-state index contributed by atoms with van der Waals surface area (Å²) in [5.74, 6) is 0. The monoisotopic (exact) mass is 441 g/mol. The zero-order valence-corrected chi connectivity index (χ0v) is 18.2. The average molecular weight is 442 g/mol. The highest BCUT2D eigenvalue weighted by Crippen LogP contribution is 2.27. The quantitative estimate of drug-likeness (QED) is 0.730. The maximum absolute atomic E-state index is 8.29. The Balaban J connectivity index is 0.000000878. The Hall–Kier alpha value is -1.60. The first-order valence-corrected chi connectivity index (χ1v) is 10.6. The highest BCUT2D eigenvalue weighted by molar-refractivity contribution is 7.51. The molecule has 1 N–H and O–H groups in total. The topological polar surface area (TPSA) is 52.6 Å². The summed E-state index contributed by atoms with van der Waals surface area (Å²) in [7, 11) is 1.95. The molecule has 1 fully saturated rings. The fourth-order valence-corrected chi connectivity index (χ4v) is 3.55. The van der Waals surface area contributed by atoms with E-state index in [0.29, 0.717) is 10.0 Å². The Labute approximate surface area is 180 Å². The zero-order valence-electron chi connectivity index (χ0n) is 15.9. The first-order valence-electron chi connectivity index (χ1n) is 9.18. The Morgan fingerprint density at radius 2 is 1.61 bits per heavy atom. The molecule has 1 saturated heterocycles. The fourth-order valence-electron chi connectivity index (χ4n) is 3.26. The van der Waals surface area contributed by atoms with E-state index in [1.54, 1.807) is 0 Å². The van der Waals surface area contributed by atoms with Crippen molar-refractivity contribution in [3.8, 4) is 0 Å². The van der Waals surface area contributed by atoms with Crippen LogP contribution in [0.1, 0.15) is 12.0 Å². The Morgan fingerprint density at radius 1 is 0.964 bits per heavy atom. The number of nitrogens with one attached hydrogen (secondary N) is 1. The van der Waals surface area contributed by atoms with Crippen LogP contribution in [0, 0.1) is 0 Å². The van der Waals surface area contributed by atoms with Crippen molar-refractivity contribution in [1.82, 2.24) is 4.90 Å². The first-order chi connectivity index (χ1) is 13.6. The van der Waals surface area contributed by atoms with Gasteiger partial charge in [0.15, 0.2) is 0 Å². The van der Waals surface area contributed by atoms with Crippen molar-refractivity contribution in [2.24, 2.45) is 0 Å². The molecule has 8 heteroatoms. The summed E-state index contributed by atoms with van der Waals surface area (Å²) < 4.78 is 16.6. The summed E-state index contributed by atoms with van der Waals surface area (Å²) in [6.07, 6.45) is 2.34. The van der Waals surface area contributed by atoms with E-state index in [4.69, 9.17) is 31.6 Å². The average Bonchev–Trinajstić information content (AvgIpc) is 2.72. The third kappa shape index (κ3) is 7.09. The molecule has 0 spiro atoms. The Kier molecular flexibility index (Phi) is 9.78. The molecule has 152 valence electrons. The molecule has 0 atom stereocenters. The molecule has 0 bridgehead atoms. The van der Waals surface area contributed by atoms with Gasteiger partial charge in [-0.1, -0.05) is 35.3 Å². The molecule has 0 amide bonds. The van der Waals surface area contributed by atoms with Crippen LogP contribution < -0.4 is 10.2 Å². The molecule has 28 heavy (non-hydrogen) atoms. The number of anilines is 2. The molecule has 5 nitrogen and oxygen atoms in total. The van der Waals surface area contributed by atoms with Gasteiger partial charge in [0, 0.05) is 44.6 Å².